The molecule has 0 unspecified atom stereocenters. The van der Waals surface area contributed by atoms with Crippen LogP contribution >= 0.6 is 0 Å². The van der Waals surface area contributed by atoms with Crippen molar-refractivity contribution in [1.29, 1.82) is 0 Å². The fourth-order valence-electron chi connectivity index (χ4n) is 1.29. The van der Waals surface area contributed by atoms with Crippen LogP contribution in [0.25, 0.3) is 0 Å². The van der Waals surface area contributed by atoms with E-state index in [1.807, 2.05) is 6.20 Å². The molecule has 9 heavy (non-hydrogen) atoms. The molecule has 0 fully saturated rings. The monoisotopic (exact) mass is 121 g/mol. The minimum atomic E-state index is 1.18. The van der Waals surface area contributed by atoms with Crippen LogP contribution in [0.4, 0.5) is 0 Å². The van der Waals surface area contributed by atoms with Gasteiger partial charge in [-0.05, 0) is 24.8 Å². The molecule has 0 aromatic heterocycles. The minimum absolute atomic E-state index is 1.18. The Labute approximate surface area is 54.6 Å². The van der Waals surface area contributed by atoms with Gasteiger partial charge in [0.25, 0.3) is 0 Å². The number of rotatable bonds is 0. The van der Waals surface area contributed by atoms with Crippen molar-refractivity contribution in [1.82, 2.24) is 10.9 Å². The average Bonchev–Trinajstić information content (AvgIpc) is 2.33. The van der Waals surface area contributed by atoms with E-state index in [1.165, 1.54) is 30.5 Å². The second-order valence-electron chi connectivity index (χ2n) is 2.37. The number of hydrazine groups is 1. The second-order valence-corrected chi connectivity index (χ2v) is 2.37. The zero-order valence-electron chi connectivity index (χ0n) is 5.20. The van der Waals surface area contributed by atoms with Crippen LogP contribution in [0.3, 0.4) is 0 Å². The van der Waals surface area contributed by atoms with Gasteiger partial charge in [0.15, 0.2) is 0 Å². The van der Waals surface area contributed by atoms with E-state index >= 15 is 0 Å². The maximum absolute atomic E-state index is 3.16. The van der Waals surface area contributed by atoms with E-state index in [4.69, 9.17) is 0 Å². The van der Waals surface area contributed by atoms with Crippen molar-refractivity contribution in [3.8, 4) is 0 Å². The van der Waals surface area contributed by atoms with Crippen molar-refractivity contribution in [2.45, 2.75) is 19.3 Å². The normalized spacial score (nSPS) is 23.1. The van der Waals surface area contributed by atoms with Crippen LogP contribution in [0.1, 0.15) is 19.3 Å². The standard InChI is InChI=1S/C7H9N2/c1-2-6-4-5-8-9-7(6)3-1/h5,8-9H,1-3H2. The first kappa shape index (κ1) is 4.91. The maximum Gasteiger partial charge on any atom is 0.0352 e. The van der Waals surface area contributed by atoms with Crippen molar-refractivity contribution in [3.63, 3.8) is 0 Å². The highest BCUT2D eigenvalue weighted by Crippen LogP contribution is 2.24. The minimum Gasteiger partial charge on any atom is -0.308 e. The first-order chi connectivity index (χ1) is 4.47. The SMILES string of the molecule is [C]1=CNNC2=C1CCC2. The van der Waals surface area contributed by atoms with Crippen LogP contribution in [0.15, 0.2) is 17.5 Å². The Morgan fingerprint density at radius 2 is 2.44 bits per heavy atom. The molecule has 0 amide bonds. The summed E-state index contributed by atoms with van der Waals surface area (Å²) < 4.78 is 0. The van der Waals surface area contributed by atoms with Crippen LogP contribution in [0, 0.1) is 6.08 Å². The highest BCUT2D eigenvalue weighted by Gasteiger charge is 2.13. The Kier molecular flexibility index (Phi) is 0.979. The van der Waals surface area contributed by atoms with E-state index in [1.54, 1.807) is 0 Å². The first-order valence-electron chi connectivity index (χ1n) is 3.28. The van der Waals surface area contributed by atoms with Crippen LogP contribution in [0.5, 0.6) is 0 Å². The predicted octanol–water partition coefficient (Wildman–Crippen LogP) is 0.849. The topological polar surface area (TPSA) is 24.1 Å². The molecule has 0 atom stereocenters. The molecule has 0 bridgehead atoms. The lowest BCUT2D eigenvalue weighted by molar-refractivity contribution is 0.687. The Morgan fingerprint density at radius 3 is 3.33 bits per heavy atom. The summed E-state index contributed by atoms with van der Waals surface area (Å²) in [6.45, 7) is 0. The lowest BCUT2D eigenvalue weighted by atomic mass is 10.2. The molecule has 0 saturated carbocycles. The summed E-state index contributed by atoms with van der Waals surface area (Å²) in [7, 11) is 0. The summed E-state index contributed by atoms with van der Waals surface area (Å²) in [5.74, 6) is 0. The third-order valence-corrected chi connectivity index (χ3v) is 1.76. The fourth-order valence-corrected chi connectivity index (χ4v) is 1.29. The van der Waals surface area contributed by atoms with Gasteiger partial charge in [0.05, 0.1) is 0 Å². The van der Waals surface area contributed by atoms with Crippen LogP contribution in [0.2, 0.25) is 0 Å². The molecule has 0 saturated heterocycles. The summed E-state index contributed by atoms with van der Waals surface area (Å²) in [6, 6.07) is 0. The van der Waals surface area contributed by atoms with Gasteiger partial charge in [0.2, 0.25) is 0 Å². The third-order valence-electron chi connectivity index (χ3n) is 1.76. The smallest absolute Gasteiger partial charge is 0.0352 e. The molecule has 0 spiro atoms. The molecule has 47 valence electrons. The Hall–Kier alpha value is -0.920. The molecule has 2 heteroatoms. The van der Waals surface area contributed by atoms with Crippen molar-refractivity contribution >= 4 is 0 Å². The largest absolute Gasteiger partial charge is 0.308 e. The summed E-state index contributed by atoms with van der Waals surface area (Å²) in [4.78, 5) is 0. The van der Waals surface area contributed by atoms with Gasteiger partial charge in [0.1, 0.15) is 0 Å². The van der Waals surface area contributed by atoms with E-state index in [2.05, 4.69) is 16.9 Å². The number of nitrogens with one attached hydrogen (secondary N) is 2. The van der Waals surface area contributed by atoms with E-state index in [0.717, 1.165) is 0 Å². The second kappa shape index (κ2) is 1.79. The van der Waals surface area contributed by atoms with E-state index in [-0.39, 0.29) is 0 Å². The highest BCUT2D eigenvalue weighted by molar-refractivity contribution is 5.26. The average molecular weight is 121 g/mol. The van der Waals surface area contributed by atoms with Crippen LogP contribution < -0.4 is 10.9 Å². The lowest BCUT2D eigenvalue weighted by Gasteiger charge is -2.11. The van der Waals surface area contributed by atoms with Gasteiger partial charge in [-0.2, -0.15) is 0 Å². The van der Waals surface area contributed by atoms with Gasteiger partial charge in [0, 0.05) is 18.0 Å². The number of hydrogen-bond acceptors (Lipinski definition) is 2. The van der Waals surface area contributed by atoms with Crippen LogP contribution in [-0.2, 0) is 0 Å². The first-order valence-corrected chi connectivity index (χ1v) is 3.28. The molecule has 2 rings (SSSR count). The summed E-state index contributed by atoms with van der Waals surface area (Å²) in [5, 5.41) is 0. The molecule has 1 radical (unpaired) electrons. The van der Waals surface area contributed by atoms with E-state index in [9.17, 15) is 0 Å². The van der Waals surface area contributed by atoms with Gasteiger partial charge in [-0.15, -0.1) is 0 Å². The van der Waals surface area contributed by atoms with Crippen molar-refractivity contribution < 1.29 is 0 Å². The molecule has 1 aliphatic heterocycles. The van der Waals surface area contributed by atoms with Crippen LogP contribution in [-0.4, -0.2) is 0 Å². The fraction of sp³-hybridized carbons (Fsp3) is 0.429. The van der Waals surface area contributed by atoms with Gasteiger partial charge in [-0.25, -0.2) is 0 Å². The Morgan fingerprint density at radius 1 is 1.44 bits per heavy atom. The maximum atomic E-state index is 3.16. The van der Waals surface area contributed by atoms with Gasteiger partial charge >= 0.3 is 0 Å². The molecule has 2 aliphatic rings. The Bertz CT molecular complexity index is 179. The molecular weight excluding hydrogens is 112 g/mol. The van der Waals surface area contributed by atoms with Crippen molar-refractivity contribution in [3.05, 3.63) is 23.5 Å². The zero-order chi connectivity index (χ0) is 6.10. The predicted molar refractivity (Wildman–Crippen MR) is 35.0 cm³/mol. The summed E-state index contributed by atoms with van der Waals surface area (Å²) in [6.07, 6.45) is 8.64. The van der Waals surface area contributed by atoms with Gasteiger partial charge < -0.3 is 10.9 Å². The van der Waals surface area contributed by atoms with Gasteiger partial charge in [-0.1, -0.05) is 0 Å². The van der Waals surface area contributed by atoms with E-state index < -0.39 is 0 Å². The summed E-state index contributed by atoms with van der Waals surface area (Å²) in [5.41, 5.74) is 8.69. The summed E-state index contributed by atoms with van der Waals surface area (Å²) >= 11 is 0. The number of hydrogen-bond donors (Lipinski definition) is 2. The van der Waals surface area contributed by atoms with E-state index in [0.29, 0.717) is 0 Å². The van der Waals surface area contributed by atoms with Crippen molar-refractivity contribution in [2.24, 2.45) is 0 Å². The quantitative estimate of drug-likeness (QED) is 0.496. The molecule has 0 aromatic rings. The Balaban J connectivity index is 2.28. The molecule has 1 aliphatic carbocycles. The highest BCUT2D eigenvalue weighted by atomic mass is 15.4. The molecule has 1 heterocycles. The lowest BCUT2D eigenvalue weighted by Crippen LogP contribution is -2.28. The van der Waals surface area contributed by atoms with Crippen molar-refractivity contribution in [2.75, 3.05) is 0 Å². The molecular formula is C7H9N2. The molecule has 0 aromatic carbocycles. The number of allylic oxidation sites excluding steroid dienone is 3. The molecule has 2 N–H and O–H groups in total. The zero-order valence-corrected chi connectivity index (χ0v) is 5.20. The molecule has 2 nitrogen and oxygen atoms in total. The van der Waals surface area contributed by atoms with Gasteiger partial charge in [-0.3, -0.25) is 0 Å². The third kappa shape index (κ3) is 0.707.